The Labute approximate surface area is 230 Å². The third-order valence-corrected chi connectivity index (χ3v) is 9.34. The first-order chi connectivity index (χ1) is 18.7. The summed E-state index contributed by atoms with van der Waals surface area (Å²) >= 11 is 0. The van der Waals surface area contributed by atoms with Crippen LogP contribution in [0.1, 0.15) is 24.9 Å². The summed E-state index contributed by atoms with van der Waals surface area (Å²) in [6.45, 7) is 11.8. The molecule has 1 aliphatic rings. The number of amides is 1. The van der Waals surface area contributed by atoms with Gasteiger partial charge in [-0.2, -0.15) is 0 Å². The van der Waals surface area contributed by atoms with Gasteiger partial charge in [-0.1, -0.05) is 56.9 Å². The lowest BCUT2D eigenvalue weighted by Gasteiger charge is -2.38. The Bertz CT molecular complexity index is 1510. The molecule has 3 aromatic heterocycles. The number of hydrogen-bond acceptors (Lipinski definition) is 5. The predicted octanol–water partition coefficient (Wildman–Crippen LogP) is 5.88. The Morgan fingerprint density at radius 2 is 1.87 bits per heavy atom. The number of piperidine rings is 1. The van der Waals surface area contributed by atoms with Crippen LogP contribution in [0.25, 0.3) is 21.9 Å². The molecule has 8 nitrogen and oxygen atoms in total. The van der Waals surface area contributed by atoms with Crippen LogP contribution in [-0.4, -0.2) is 52.9 Å². The SMILES string of the molecule is C[C@@H]1CCN(C(=O)OCc2ccccc2)C[C@@H]1n1ccc(=O)c2cnc3c(ccn3COCC[Si](C)(C)C)c21. The van der Waals surface area contributed by atoms with Gasteiger partial charge in [0.15, 0.2) is 5.43 Å². The first-order valence-electron chi connectivity index (χ1n) is 13.7. The van der Waals surface area contributed by atoms with Crippen molar-refractivity contribution in [3.8, 4) is 0 Å². The zero-order valence-electron chi connectivity index (χ0n) is 23.3. The van der Waals surface area contributed by atoms with Crippen molar-refractivity contribution in [2.24, 2.45) is 5.92 Å². The number of hydrogen-bond donors (Lipinski definition) is 0. The summed E-state index contributed by atoms with van der Waals surface area (Å²) in [7, 11) is -1.17. The van der Waals surface area contributed by atoms with Gasteiger partial charge in [0.25, 0.3) is 0 Å². The normalized spacial score (nSPS) is 18.1. The van der Waals surface area contributed by atoms with Crippen molar-refractivity contribution >= 4 is 36.1 Å². The van der Waals surface area contributed by atoms with Crippen LogP contribution in [-0.2, 0) is 22.8 Å². The zero-order chi connectivity index (χ0) is 27.6. The summed E-state index contributed by atoms with van der Waals surface area (Å²) in [6.07, 6.45) is 6.05. The molecule has 4 aromatic rings. The molecule has 1 fully saturated rings. The number of carbonyl (C=O) groups is 1. The standard InChI is InChI=1S/C30H38N4O4Si/c1-22-10-13-32(30(36)38-20-23-8-6-5-7-9-23)19-26(22)34-15-12-27(35)25-18-31-29-24(28(25)34)11-14-33(29)21-37-16-17-39(2,3)4/h5-9,11-12,14-15,18,22,26H,10,13,16-17,19-21H2,1-4H3/t22-,26+/m1/s1. The molecule has 0 bridgehead atoms. The number of fused-ring (bicyclic) bond motifs is 3. The topological polar surface area (TPSA) is 78.6 Å². The maximum atomic E-state index is 13.0. The molecule has 2 atom stereocenters. The maximum absolute atomic E-state index is 13.0. The van der Waals surface area contributed by atoms with Crippen LogP contribution in [0, 0.1) is 5.92 Å². The van der Waals surface area contributed by atoms with E-state index < -0.39 is 8.07 Å². The van der Waals surface area contributed by atoms with Gasteiger partial charge in [-0.15, -0.1) is 0 Å². The Morgan fingerprint density at radius 3 is 2.64 bits per heavy atom. The number of likely N-dealkylation sites (tertiary alicyclic amines) is 1. The van der Waals surface area contributed by atoms with E-state index in [0.29, 0.717) is 31.1 Å². The average molecular weight is 547 g/mol. The van der Waals surface area contributed by atoms with Crippen molar-refractivity contribution in [3.63, 3.8) is 0 Å². The van der Waals surface area contributed by atoms with Crippen molar-refractivity contribution in [1.82, 2.24) is 19.0 Å². The Kier molecular flexibility index (Phi) is 7.90. The molecule has 0 saturated carbocycles. The Hall–Kier alpha value is -3.43. The lowest BCUT2D eigenvalue weighted by atomic mass is 9.92. The maximum Gasteiger partial charge on any atom is 0.410 e. The number of rotatable bonds is 8. The minimum absolute atomic E-state index is 0.00642. The Morgan fingerprint density at radius 1 is 1.08 bits per heavy atom. The molecule has 0 spiro atoms. The highest BCUT2D eigenvalue weighted by Crippen LogP contribution is 2.33. The molecular formula is C30H38N4O4Si. The molecule has 0 radical (unpaired) electrons. The number of nitrogens with zero attached hydrogens (tertiary/aromatic N) is 4. The second-order valence-electron chi connectivity index (χ2n) is 11.8. The summed E-state index contributed by atoms with van der Waals surface area (Å²) < 4.78 is 15.8. The van der Waals surface area contributed by atoms with Gasteiger partial charge in [-0.3, -0.25) is 4.79 Å². The van der Waals surface area contributed by atoms with Gasteiger partial charge in [0, 0.05) is 57.8 Å². The van der Waals surface area contributed by atoms with Crippen LogP contribution in [0.2, 0.25) is 25.7 Å². The molecule has 1 saturated heterocycles. The minimum Gasteiger partial charge on any atom is -0.445 e. The molecule has 1 aromatic carbocycles. The third-order valence-electron chi connectivity index (χ3n) is 7.64. The molecular weight excluding hydrogens is 508 g/mol. The number of carbonyl (C=O) groups excluding carboxylic acids is 1. The second kappa shape index (κ2) is 11.4. The van der Waals surface area contributed by atoms with E-state index in [-0.39, 0.29) is 24.2 Å². The summed E-state index contributed by atoms with van der Waals surface area (Å²) in [5, 5.41) is 1.49. The van der Waals surface area contributed by atoms with Crippen LogP contribution in [0.5, 0.6) is 0 Å². The summed E-state index contributed by atoms with van der Waals surface area (Å²) in [5.41, 5.74) is 2.54. The van der Waals surface area contributed by atoms with Gasteiger partial charge in [0.05, 0.1) is 16.9 Å². The van der Waals surface area contributed by atoms with Crippen molar-refractivity contribution < 1.29 is 14.3 Å². The fourth-order valence-electron chi connectivity index (χ4n) is 5.20. The van der Waals surface area contributed by atoms with Crippen molar-refractivity contribution in [2.45, 2.75) is 58.4 Å². The quantitative estimate of drug-likeness (QED) is 0.204. The van der Waals surface area contributed by atoms with E-state index in [1.165, 1.54) is 0 Å². The second-order valence-corrected chi connectivity index (χ2v) is 17.4. The van der Waals surface area contributed by atoms with Gasteiger partial charge in [-0.05, 0) is 30.0 Å². The van der Waals surface area contributed by atoms with E-state index in [1.54, 1.807) is 17.2 Å². The van der Waals surface area contributed by atoms with Crippen LogP contribution >= 0.6 is 0 Å². The molecule has 0 unspecified atom stereocenters. The highest BCUT2D eigenvalue weighted by Gasteiger charge is 2.32. The minimum atomic E-state index is -1.17. The van der Waals surface area contributed by atoms with E-state index >= 15 is 0 Å². The molecule has 1 amide bonds. The lowest BCUT2D eigenvalue weighted by molar-refractivity contribution is 0.0697. The number of ether oxygens (including phenoxy) is 2. The average Bonchev–Trinajstić information content (AvgIpc) is 3.34. The highest BCUT2D eigenvalue weighted by atomic mass is 28.3. The van der Waals surface area contributed by atoms with E-state index in [0.717, 1.165) is 41.2 Å². The molecule has 5 rings (SSSR count). The molecule has 0 N–H and O–H groups in total. The van der Waals surface area contributed by atoms with Crippen molar-refractivity contribution in [1.29, 1.82) is 0 Å². The summed E-state index contributed by atoms with van der Waals surface area (Å²) in [4.78, 5) is 32.3. The van der Waals surface area contributed by atoms with E-state index in [2.05, 4.69) is 36.1 Å². The first-order valence-corrected chi connectivity index (χ1v) is 17.4. The van der Waals surface area contributed by atoms with Crippen LogP contribution in [0.15, 0.2) is 65.8 Å². The van der Waals surface area contributed by atoms with Crippen molar-refractivity contribution in [3.05, 3.63) is 76.8 Å². The molecule has 9 heteroatoms. The Balaban J connectivity index is 1.41. The number of benzene rings is 1. The van der Waals surface area contributed by atoms with E-state index in [1.807, 2.05) is 53.4 Å². The summed E-state index contributed by atoms with van der Waals surface area (Å²) in [6, 6.07) is 14.4. The fourth-order valence-corrected chi connectivity index (χ4v) is 5.96. The summed E-state index contributed by atoms with van der Waals surface area (Å²) in [5.74, 6) is 0.309. The van der Waals surface area contributed by atoms with E-state index in [9.17, 15) is 9.59 Å². The van der Waals surface area contributed by atoms with Crippen molar-refractivity contribution in [2.75, 3.05) is 19.7 Å². The smallest absolute Gasteiger partial charge is 0.410 e. The van der Waals surface area contributed by atoms with Crippen LogP contribution in [0.3, 0.4) is 0 Å². The molecule has 39 heavy (non-hydrogen) atoms. The molecule has 0 aliphatic carbocycles. The largest absolute Gasteiger partial charge is 0.445 e. The van der Waals surface area contributed by atoms with Gasteiger partial charge >= 0.3 is 6.09 Å². The lowest BCUT2D eigenvalue weighted by Crippen LogP contribution is -2.44. The molecule has 206 valence electrons. The first kappa shape index (κ1) is 27.1. The third kappa shape index (κ3) is 6.09. The molecule has 4 heterocycles. The van der Waals surface area contributed by atoms with Crippen LogP contribution in [0.4, 0.5) is 4.79 Å². The monoisotopic (exact) mass is 546 g/mol. The van der Waals surface area contributed by atoms with Gasteiger partial charge in [0.1, 0.15) is 19.0 Å². The zero-order valence-corrected chi connectivity index (χ0v) is 24.3. The molecule has 1 aliphatic heterocycles. The van der Waals surface area contributed by atoms with Gasteiger partial charge in [0.2, 0.25) is 0 Å². The highest BCUT2D eigenvalue weighted by molar-refractivity contribution is 6.76. The van der Waals surface area contributed by atoms with Gasteiger partial charge in [-0.25, -0.2) is 9.78 Å². The predicted molar refractivity (Wildman–Crippen MR) is 157 cm³/mol. The number of pyridine rings is 2. The van der Waals surface area contributed by atoms with Crippen LogP contribution < -0.4 is 5.43 Å². The number of aromatic nitrogens is 3. The fraction of sp³-hybridized carbons (Fsp3) is 0.433. The van der Waals surface area contributed by atoms with Gasteiger partial charge < -0.3 is 23.5 Å². The van der Waals surface area contributed by atoms with E-state index in [4.69, 9.17) is 9.47 Å².